The second kappa shape index (κ2) is 12.2. The lowest BCUT2D eigenvalue weighted by Gasteiger charge is -2.25. The van der Waals surface area contributed by atoms with Gasteiger partial charge < -0.3 is 19.2 Å². The maximum atomic E-state index is 15.4. The molecule has 0 bridgehead atoms. The van der Waals surface area contributed by atoms with Crippen LogP contribution in [-0.4, -0.2) is 55.8 Å². The Bertz CT molecular complexity index is 1340. The first-order valence-electron chi connectivity index (χ1n) is 11.8. The van der Waals surface area contributed by atoms with E-state index in [0.29, 0.717) is 12.0 Å². The van der Waals surface area contributed by atoms with Gasteiger partial charge in [-0.15, -0.1) is 0 Å². The van der Waals surface area contributed by atoms with Crippen LogP contribution in [0, 0.1) is 5.92 Å². The van der Waals surface area contributed by atoms with Crippen molar-refractivity contribution < 1.29 is 37.4 Å². The fourth-order valence-electron chi connectivity index (χ4n) is 3.75. The second-order valence-corrected chi connectivity index (χ2v) is 12.4. The highest BCUT2D eigenvalue weighted by Crippen LogP contribution is 2.52. The Morgan fingerprint density at radius 1 is 1.29 bits per heavy atom. The van der Waals surface area contributed by atoms with Crippen molar-refractivity contribution in [1.82, 2.24) is 9.55 Å². The number of aliphatic hydroxyl groups excluding tert-OH is 1. The zero-order valence-corrected chi connectivity index (χ0v) is 23.4. The van der Waals surface area contributed by atoms with Gasteiger partial charge in [-0.1, -0.05) is 25.1 Å². The Hall–Kier alpha value is -2.44. The van der Waals surface area contributed by atoms with Gasteiger partial charge in [0, 0.05) is 24.6 Å². The average molecular weight is 619 g/mol. The van der Waals surface area contributed by atoms with Crippen LogP contribution < -0.4 is 15.8 Å². The van der Waals surface area contributed by atoms with Gasteiger partial charge in [-0.25, -0.2) is 13.8 Å². The lowest BCUT2D eigenvalue weighted by atomic mass is 10.1. The number of carbonyl (C=O) groups is 2. The zero-order chi connectivity index (χ0) is 28.3. The summed E-state index contributed by atoms with van der Waals surface area (Å²) >= 11 is 2.75. The van der Waals surface area contributed by atoms with Gasteiger partial charge >= 0.3 is 13.3 Å². The van der Waals surface area contributed by atoms with E-state index in [1.807, 2.05) is 4.98 Å². The fourth-order valence-corrected chi connectivity index (χ4v) is 6.38. The van der Waals surface area contributed by atoms with Crippen LogP contribution >= 0.6 is 23.5 Å². The van der Waals surface area contributed by atoms with Crippen molar-refractivity contribution in [1.29, 1.82) is 0 Å². The van der Waals surface area contributed by atoms with Crippen molar-refractivity contribution >= 4 is 35.1 Å². The van der Waals surface area contributed by atoms with Crippen LogP contribution in [0.4, 0.5) is 4.39 Å². The summed E-state index contributed by atoms with van der Waals surface area (Å²) in [6.45, 7) is 3.70. The molecule has 1 aromatic heterocycles. The quantitative estimate of drug-likeness (QED) is 0.270. The number of Topliss-reactive ketones (excluding diaryl/α,β-unsaturated/α-hetero) is 2. The summed E-state index contributed by atoms with van der Waals surface area (Å²) in [5, 5.41) is 10.6. The Kier molecular flexibility index (Phi) is 9.64. The molecule has 2 unspecified atom stereocenters. The molecule has 1 fully saturated rings. The minimum Gasteiger partial charge on any atom is -0.424 e. The summed E-state index contributed by atoms with van der Waals surface area (Å²) in [5.41, 5.74) is -1.07. The number of carbonyl (C=O) groups excluding carboxylic acids is 2. The van der Waals surface area contributed by atoms with Crippen molar-refractivity contribution in [3.05, 3.63) is 62.9 Å². The lowest BCUT2D eigenvalue weighted by Crippen LogP contribution is -2.41. The second-order valence-electron chi connectivity index (χ2n) is 9.17. The molecule has 0 saturated carbocycles. The van der Waals surface area contributed by atoms with E-state index in [-0.39, 0.29) is 29.9 Å². The number of hydrogen-bond donors (Lipinski definition) is 2. The third-order valence-electron chi connectivity index (χ3n) is 6.07. The van der Waals surface area contributed by atoms with Gasteiger partial charge in [-0.2, -0.15) is 0 Å². The van der Waals surface area contributed by atoms with E-state index >= 15 is 4.39 Å². The topological polar surface area (TPSA) is 154 Å². The highest BCUT2D eigenvalue weighted by Gasteiger charge is 2.57. The molecule has 1 aromatic carbocycles. The number of aryl methyl sites for hydroxylation is 1. The molecule has 3 rings (SSSR count). The van der Waals surface area contributed by atoms with Gasteiger partial charge in [0.1, 0.15) is 29.5 Å². The van der Waals surface area contributed by atoms with Crippen molar-refractivity contribution in [3.8, 4) is 5.75 Å². The molecule has 208 valence electrons. The molecule has 2 N–H and O–H groups in total. The van der Waals surface area contributed by atoms with Gasteiger partial charge in [0.2, 0.25) is 4.58 Å². The van der Waals surface area contributed by atoms with Crippen molar-refractivity contribution in [2.45, 2.75) is 56.6 Å². The maximum Gasteiger partial charge on any atom is 0.380 e. The van der Waals surface area contributed by atoms with E-state index in [9.17, 15) is 28.8 Å². The number of nitrogens with one attached hydrogen (secondary N) is 1. The summed E-state index contributed by atoms with van der Waals surface area (Å²) in [4.78, 5) is 48.9. The SMILES string of the molecule is CC(=O)CCc1ccccc1OP(=O)(C[C@@H](C)C(C)=O)OC[C@H]1O[C@@H](n2ccc(=O)[nH]c2=O)[C@@](F)(Br)C1O. The number of benzene rings is 1. The van der Waals surface area contributed by atoms with E-state index < -0.39 is 54.4 Å². The predicted octanol–water partition coefficient (Wildman–Crippen LogP) is 2.89. The molecule has 0 aliphatic carbocycles. The molecule has 14 heteroatoms. The molecule has 2 heterocycles. The van der Waals surface area contributed by atoms with Gasteiger partial charge in [0.05, 0.1) is 12.8 Å². The van der Waals surface area contributed by atoms with Crippen molar-refractivity contribution in [2.24, 2.45) is 5.92 Å². The van der Waals surface area contributed by atoms with E-state index in [1.54, 1.807) is 31.2 Å². The van der Waals surface area contributed by atoms with Crippen LogP contribution in [0.25, 0.3) is 0 Å². The van der Waals surface area contributed by atoms with Gasteiger partial charge in [0.25, 0.3) is 5.56 Å². The molecular formula is C24H29BrFN2O9P. The minimum absolute atomic E-state index is 0.0440. The van der Waals surface area contributed by atoms with Crippen molar-refractivity contribution in [2.75, 3.05) is 12.8 Å². The molecule has 1 aliphatic rings. The third kappa shape index (κ3) is 7.15. The van der Waals surface area contributed by atoms with Gasteiger partial charge in [-0.05, 0) is 47.8 Å². The minimum atomic E-state index is -4.10. The average Bonchev–Trinajstić information content (AvgIpc) is 3.05. The monoisotopic (exact) mass is 618 g/mol. The van der Waals surface area contributed by atoms with E-state index in [2.05, 4.69) is 15.9 Å². The molecule has 0 radical (unpaired) electrons. The highest BCUT2D eigenvalue weighted by atomic mass is 79.9. The zero-order valence-electron chi connectivity index (χ0n) is 21.0. The molecule has 2 aromatic rings. The van der Waals surface area contributed by atoms with Crippen molar-refractivity contribution in [3.63, 3.8) is 0 Å². The number of ketones is 2. The van der Waals surface area contributed by atoms with Gasteiger partial charge in [-0.3, -0.25) is 23.7 Å². The third-order valence-corrected chi connectivity index (χ3v) is 8.94. The number of alkyl halides is 2. The van der Waals surface area contributed by atoms with Crippen LogP contribution in [0.2, 0.25) is 0 Å². The number of aliphatic hydroxyl groups is 1. The number of ether oxygens (including phenoxy) is 1. The number of rotatable bonds is 12. The summed E-state index contributed by atoms with van der Waals surface area (Å²) in [7, 11) is -4.10. The number of halogens is 2. The van der Waals surface area contributed by atoms with E-state index in [0.717, 1.165) is 16.8 Å². The van der Waals surface area contributed by atoms with Crippen LogP contribution in [0.1, 0.15) is 39.0 Å². The molecule has 1 saturated heterocycles. The summed E-state index contributed by atoms with van der Waals surface area (Å²) in [5.74, 6) is -0.833. The van der Waals surface area contributed by atoms with E-state index in [1.165, 1.54) is 13.8 Å². The molecule has 11 nitrogen and oxygen atoms in total. The molecule has 0 spiro atoms. The Morgan fingerprint density at radius 2 is 1.97 bits per heavy atom. The number of H-pyrrole nitrogens is 1. The normalized spacial score (nSPS) is 25.5. The highest BCUT2D eigenvalue weighted by molar-refractivity contribution is 9.10. The maximum absolute atomic E-state index is 15.4. The molecule has 38 heavy (non-hydrogen) atoms. The van der Waals surface area contributed by atoms with Crippen LogP contribution in [0.3, 0.4) is 0 Å². The Labute approximate surface area is 226 Å². The predicted molar refractivity (Wildman–Crippen MR) is 138 cm³/mol. The number of aromatic amines is 1. The summed E-state index contributed by atoms with van der Waals surface area (Å²) in [6.07, 6.45) is -3.75. The van der Waals surface area contributed by atoms with Crippen LogP contribution in [0.5, 0.6) is 5.75 Å². The summed E-state index contributed by atoms with van der Waals surface area (Å²) in [6, 6.07) is 7.61. The standard InChI is InChI=1S/C24H29BrFN2O9P/c1-14(16(3)30)13-38(34,37-18-7-5-4-6-17(18)9-8-15(2)29)35-12-19-21(32)24(25,26)22(36-19)28-11-10-20(31)27-23(28)33/h4-7,10-11,14,19,21-22,32H,8-9,12-13H2,1-3H3,(H,27,31,33)/t14-,19-,21?,22-,24-,38?/m1/s1. The Balaban J connectivity index is 1.84. The van der Waals surface area contributed by atoms with Crippen LogP contribution in [-0.2, 0) is 29.8 Å². The Morgan fingerprint density at radius 3 is 2.61 bits per heavy atom. The first-order chi connectivity index (χ1) is 17.7. The molecule has 6 atom stereocenters. The largest absolute Gasteiger partial charge is 0.424 e. The first-order valence-corrected chi connectivity index (χ1v) is 14.3. The molecular weight excluding hydrogens is 590 g/mol. The van der Waals surface area contributed by atoms with Crippen LogP contribution in [0.15, 0.2) is 46.1 Å². The number of hydrogen-bond acceptors (Lipinski definition) is 9. The first kappa shape index (κ1) is 30.1. The fraction of sp³-hybridized carbons (Fsp3) is 0.500. The number of nitrogens with zero attached hydrogens (tertiary/aromatic N) is 1. The lowest BCUT2D eigenvalue weighted by molar-refractivity contribution is -0.120. The van der Waals surface area contributed by atoms with E-state index in [4.69, 9.17) is 13.8 Å². The smallest absolute Gasteiger partial charge is 0.380 e. The molecule has 0 amide bonds. The molecule has 1 aliphatic heterocycles. The number of para-hydroxylation sites is 1. The summed E-state index contributed by atoms with van der Waals surface area (Å²) < 4.78 is 44.3. The van der Waals surface area contributed by atoms with Gasteiger partial charge in [0.15, 0.2) is 6.23 Å². The number of aromatic nitrogens is 2.